The summed E-state index contributed by atoms with van der Waals surface area (Å²) in [5, 5.41) is 30.1. The molecule has 0 amide bonds. The van der Waals surface area contributed by atoms with Crippen molar-refractivity contribution in [2.24, 2.45) is 5.41 Å². The van der Waals surface area contributed by atoms with Crippen LogP contribution >= 0.6 is 11.6 Å². The van der Waals surface area contributed by atoms with E-state index in [2.05, 4.69) is 27.0 Å². The van der Waals surface area contributed by atoms with Crippen LogP contribution in [0.15, 0.2) is 30.5 Å². The van der Waals surface area contributed by atoms with E-state index in [9.17, 15) is 10.4 Å². The number of rotatable bonds is 9. The first kappa shape index (κ1) is 25.6. The number of aliphatic hydroxyl groups excluding tert-OH is 1. The third-order valence-corrected chi connectivity index (χ3v) is 7.26. The second-order valence-corrected chi connectivity index (χ2v) is 10.2. The highest BCUT2D eigenvalue weighted by Crippen LogP contribution is 2.32. The molecule has 1 atom stereocenters. The van der Waals surface area contributed by atoms with Gasteiger partial charge in [0.25, 0.3) is 0 Å². The number of ether oxygens (including phenoxy) is 1. The lowest BCUT2D eigenvalue weighted by Crippen LogP contribution is -2.39. The molecule has 1 aliphatic heterocycles. The Morgan fingerprint density at radius 2 is 1.94 bits per heavy atom. The Labute approximate surface area is 212 Å². The summed E-state index contributed by atoms with van der Waals surface area (Å²) in [6.07, 6.45) is 7.01. The van der Waals surface area contributed by atoms with Crippen molar-refractivity contribution in [1.82, 2.24) is 15.3 Å². The number of nitrogens with one attached hydrogen (secondary N) is 3. The SMILES string of the molecule is C[C@@H](O)CNC1CCC(Nc2cc(-c3cccc(NCC4(C#N)CCOCC4)n3)c(Cl)cn2)CC1. The highest BCUT2D eigenvalue weighted by atomic mass is 35.5. The van der Waals surface area contributed by atoms with E-state index in [1.54, 1.807) is 13.1 Å². The number of hydrogen-bond acceptors (Lipinski definition) is 8. The summed E-state index contributed by atoms with van der Waals surface area (Å²) in [7, 11) is 0. The van der Waals surface area contributed by atoms with Gasteiger partial charge in [-0.15, -0.1) is 0 Å². The van der Waals surface area contributed by atoms with Crippen molar-refractivity contribution in [1.29, 1.82) is 5.26 Å². The first-order chi connectivity index (χ1) is 17.0. The van der Waals surface area contributed by atoms with E-state index in [4.69, 9.17) is 21.3 Å². The Bertz CT molecular complexity index is 1010. The zero-order chi connectivity index (χ0) is 24.7. The van der Waals surface area contributed by atoms with Gasteiger partial charge in [0.1, 0.15) is 11.6 Å². The molecule has 0 aromatic carbocycles. The molecule has 35 heavy (non-hydrogen) atoms. The molecular formula is C26H35ClN6O2. The average molecular weight is 499 g/mol. The summed E-state index contributed by atoms with van der Waals surface area (Å²) >= 11 is 6.51. The molecule has 2 aromatic heterocycles. The van der Waals surface area contributed by atoms with Crippen molar-refractivity contribution in [3.05, 3.63) is 35.5 Å². The minimum absolute atomic E-state index is 0.320. The second kappa shape index (κ2) is 12.0. The predicted octanol–water partition coefficient (Wildman–Crippen LogP) is 4.22. The minimum Gasteiger partial charge on any atom is -0.392 e. The van der Waals surface area contributed by atoms with Crippen molar-refractivity contribution in [2.75, 3.05) is 36.9 Å². The molecule has 3 heterocycles. The summed E-state index contributed by atoms with van der Waals surface area (Å²) < 4.78 is 5.43. The number of aromatic nitrogens is 2. The second-order valence-electron chi connectivity index (χ2n) is 9.77. The summed E-state index contributed by atoms with van der Waals surface area (Å²) in [5.41, 5.74) is 1.15. The minimum atomic E-state index is -0.424. The van der Waals surface area contributed by atoms with Gasteiger partial charge < -0.3 is 25.8 Å². The summed E-state index contributed by atoms with van der Waals surface area (Å²) in [5.74, 6) is 1.50. The maximum Gasteiger partial charge on any atom is 0.126 e. The fourth-order valence-electron chi connectivity index (χ4n) is 4.74. The van der Waals surface area contributed by atoms with Gasteiger partial charge in [-0.3, -0.25) is 0 Å². The van der Waals surface area contributed by atoms with Gasteiger partial charge in [0.2, 0.25) is 0 Å². The van der Waals surface area contributed by atoms with Crippen LogP contribution in [-0.2, 0) is 4.74 Å². The molecule has 2 fully saturated rings. The molecule has 0 unspecified atom stereocenters. The number of pyridine rings is 2. The van der Waals surface area contributed by atoms with Gasteiger partial charge in [-0.2, -0.15) is 5.26 Å². The van der Waals surface area contributed by atoms with Crippen molar-refractivity contribution in [2.45, 2.75) is 63.6 Å². The lowest BCUT2D eigenvalue weighted by Gasteiger charge is -2.31. The number of halogens is 1. The van der Waals surface area contributed by atoms with Crippen molar-refractivity contribution < 1.29 is 9.84 Å². The average Bonchev–Trinajstić information content (AvgIpc) is 2.89. The van der Waals surface area contributed by atoms with Crippen LogP contribution in [-0.4, -0.2) is 59.6 Å². The van der Waals surface area contributed by atoms with Gasteiger partial charge in [0, 0.05) is 50.1 Å². The van der Waals surface area contributed by atoms with Crippen LogP contribution < -0.4 is 16.0 Å². The van der Waals surface area contributed by atoms with E-state index in [1.165, 1.54) is 0 Å². The number of nitrogens with zero attached hydrogens (tertiary/aromatic N) is 3. The molecule has 0 bridgehead atoms. The molecule has 2 aromatic rings. The van der Waals surface area contributed by atoms with Crippen molar-refractivity contribution in [3.63, 3.8) is 0 Å². The van der Waals surface area contributed by atoms with E-state index in [0.717, 1.165) is 55.6 Å². The van der Waals surface area contributed by atoms with E-state index in [-0.39, 0.29) is 6.10 Å². The van der Waals surface area contributed by atoms with Crippen molar-refractivity contribution >= 4 is 23.2 Å². The molecule has 1 aliphatic carbocycles. The smallest absolute Gasteiger partial charge is 0.126 e. The maximum absolute atomic E-state index is 9.71. The van der Waals surface area contributed by atoms with E-state index < -0.39 is 5.41 Å². The molecular weight excluding hydrogens is 464 g/mol. The first-order valence-corrected chi connectivity index (χ1v) is 12.9. The molecule has 188 valence electrons. The third kappa shape index (κ3) is 7.05. The lowest BCUT2D eigenvalue weighted by atomic mass is 9.82. The monoisotopic (exact) mass is 498 g/mol. The molecule has 0 spiro atoms. The predicted molar refractivity (Wildman–Crippen MR) is 138 cm³/mol. The van der Waals surface area contributed by atoms with Gasteiger partial charge in [0.05, 0.1) is 28.3 Å². The van der Waals surface area contributed by atoms with Gasteiger partial charge >= 0.3 is 0 Å². The van der Waals surface area contributed by atoms with Gasteiger partial charge in [-0.05, 0) is 63.6 Å². The number of aliphatic hydroxyl groups is 1. The Morgan fingerprint density at radius 1 is 1.20 bits per heavy atom. The Morgan fingerprint density at radius 3 is 2.66 bits per heavy atom. The van der Waals surface area contributed by atoms with E-state index in [0.29, 0.717) is 49.2 Å². The normalized spacial score (nSPS) is 22.7. The molecule has 4 N–H and O–H groups in total. The highest BCUT2D eigenvalue weighted by Gasteiger charge is 2.32. The third-order valence-electron chi connectivity index (χ3n) is 6.96. The van der Waals surface area contributed by atoms with Crippen LogP contribution in [0.2, 0.25) is 5.02 Å². The Balaban J connectivity index is 1.38. The standard InChI is InChI=1S/C26H35ClN6O2/c1-18(34)14-29-19-5-7-20(8-6-19)32-25-13-21(22(27)15-30-25)23-3-2-4-24(33-23)31-17-26(16-28)9-11-35-12-10-26/h2-4,13,15,18-20,29,34H,5-12,14,17H2,1H3,(H,30,32)(H,31,33)/t18-,19?,20?/m1/s1. The van der Waals surface area contributed by atoms with Crippen LogP contribution in [0, 0.1) is 16.7 Å². The Kier molecular flexibility index (Phi) is 8.79. The molecule has 0 radical (unpaired) electrons. The molecule has 4 rings (SSSR count). The van der Waals surface area contributed by atoms with Gasteiger partial charge in [-0.25, -0.2) is 9.97 Å². The highest BCUT2D eigenvalue weighted by molar-refractivity contribution is 6.33. The van der Waals surface area contributed by atoms with Crippen LogP contribution in [0.25, 0.3) is 11.3 Å². The quantitative estimate of drug-likeness (QED) is 0.406. The zero-order valence-corrected chi connectivity index (χ0v) is 21.0. The number of nitriles is 1. The molecule has 2 aliphatic rings. The molecule has 1 saturated carbocycles. The number of hydrogen-bond donors (Lipinski definition) is 4. The van der Waals surface area contributed by atoms with Gasteiger partial charge in [-0.1, -0.05) is 17.7 Å². The van der Waals surface area contributed by atoms with Gasteiger partial charge in [0.15, 0.2) is 0 Å². The Hall–Kier alpha value is -2.44. The van der Waals surface area contributed by atoms with E-state index in [1.807, 2.05) is 24.3 Å². The summed E-state index contributed by atoms with van der Waals surface area (Å²) in [6, 6.07) is 11.0. The van der Waals surface area contributed by atoms with Crippen molar-refractivity contribution in [3.8, 4) is 17.3 Å². The number of anilines is 2. The molecule has 9 heteroatoms. The lowest BCUT2D eigenvalue weighted by molar-refractivity contribution is 0.0455. The van der Waals surface area contributed by atoms with Crippen LogP contribution in [0.1, 0.15) is 45.4 Å². The molecule has 1 saturated heterocycles. The topological polar surface area (TPSA) is 115 Å². The largest absolute Gasteiger partial charge is 0.392 e. The van der Waals surface area contributed by atoms with Crippen LogP contribution in [0.5, 0.6) is 0 Å². The van der Waals surface area contributed by atoms with E-state index >= 15 is 0 Å². The fraction of sp³-hybridized carbons (Fsp3) is 0.577. The van der Waals surface area contributed by atoms with Crippen LogP contribution in [0.4, 0.5) is 11.6 Å². The maximum atomic E-state index is 9.71. The van der Waals surface area contributed by atoms with Crippen LogP contribution in [0.3, 0.4) is 0 Å². The summed E-state index contributed by atoms with van der Waals surface area (Å²) in [6.45, 7) is 4.21. The first-order valence-electron chi connectivity index (χ1n) is 12.5. The summed E-state index contributed by atoms with van der Waals surface area (Å²) in [4.78, 5) is 9.26. The zero-order valence-electron chi connectivity index (χ0n) is 20.3. The fourth-order valence-corrected chi connectivity index (χ4v) is 4.94. The molecule has 8 nitrogen and oxygen atoms in total.